The SMILES string of the molecule is CCC1Cc2c(C(F)F)nn(CC(=O)NC(Cc3cc(F)cc(F)c3)c3nc(C#CC(C)(C)O)ccc3-c3ccc(Cl)c4c(NS(C)(=O)=O)nn(C)c34)c2C1(F)F. The van der Waals surface area contributed by atoms with Crippen LogP contribution in [0.1, 0.15) is 73.6 Å². The zero-order valence-electron chi connectivity index (χ0n) is 31.1. The fraction of sp³-hybridized carbons (Fsp3) is 0.368. The largest absolute Gasteiger partial charge is 0.378 e. The van der Waals surface area contributed by atoms with Gasteiger partial charge in [0.1, 0.15) is 40.9 Å². The summed E-state index contributed by atoms with van der Waals surface area (Å²) in [5, 5.41) is 21.4. The summed E-state index contributed by atoms with van der Waals surface area (Å²) in [7, 11) is -2.31. The molecule has 3 heterocycles. The van der Waals surface area contributed by atoms with E-state index in [-0.39, 0.29) is 63.6 Å². The molecule has 2 aromatic carbocycles. The topological polar surface area (TPSA) is 144 Å². The average Bonchev–Trinajstić information content (AvgIpc) is 3.70. The Labute approximate surface area is 328 Å². The minimum absolute atomic E-state index is 0.0216. The van der Waals surface area contributed by atoms with Gasteiger partial charge in [-0.2, -0.15) is 19.0 Å². The Morgan fingerprint density at radius 2 is 1.75 bits per heavy atom. The summed E-state index contributed by atoms with van der Waals surface area (Å²) in [6.45, 7) is 3.44. The van der Waals surface area contributed by atoms with E-state index in [2.05, 4.69) is 32.1 Å². The van der Waals surface area contributed by atoms with Crippen molar-refractivity contribution in [2.75, 3.05) is 11.0 Å². The minimum atomic E-state index is -3.83. The van der Waals surface area contributed by atoms with E-state index in [9.17, 15) is 35.9 Å². The van der Waals surface area contributed by atoms with Crippen molar-refractivity contribution < 1.29 is 44.7 Å². The second kappa shape index (κ2) is 15.3. The molecule has 302 valence electrons. The number of carbonyl (C=O) groups excluding carboxylic acids is 1. The van der Waals surface area contributed by atoms with Crippen molar-refractivity contribution in [1.29, 1.82) is 0 Å². The molecule has 19 heteroatoms. The van der Waals surface area contributed by atoms with Crippen LogP contribution < -0.4 is 10.0 Å². The van der Waals surface area contributed by atoms with Crippen LogP contribution in [-0.2, 0) is 47.2 Å². The summed E-state index contributed by atoms with van der Waals surface area (Å²) in [5.74, 6) is -2.42. The molecule has 11 nitrogen and oxygen atoms in total. The van der Waals surface area contributed by atoms with E-state index in [4.69, 9.17) is 16.6 Å². The van der Waals surface area contributed by atoms with Crippen molar-refractivity contribution in [3.8, 4) is 23.0 Å². The van der Waals surface area contributed by atoms with Crippen molar-refractivity contribution in [3.63, 3.8) is 0 Å². The number of hydrogen-bond donors (Lipinski definition) is 3. The number of nitrogens with zero attached hydrogens (tertiary/aromatic N) is 5. The standard InChI is InChI=1S/C38H36ClF6N7O4S/c1-6-20-16-26-32(35(42)43)48-52(34(26)38(20,44)45)18-29(53)47-28(15-19-13-21(40)17-22(41)14-19)31-24(8-7-23(46-31)11-12-37(2,3)54)25-9-10-27(39)30-33(25)51(4)49-36(30)50-57(5,55)56/h7-10,13-14,17,20,28,35,54H,6,15-16,18H2,1-5H3,(H,47,53)(H,49,50). The van der Waals surface area contributed by atoms with E-state index < -0.39 is 75.4 Å². The fourth-order valence-corrected chi connectivity index (χ4v) is 7.74. The molecule has 2 atom stereocenters. The molecule has 0 saturated carbocycles. The number of aryl methyl sites for hydroxylation is 1. The quantitative estimate of drug-likeness (QED) is 0.0964. The van der Waals surface area contributed by atoms with E-state index in [1.54, 1.807) is 12.1 Å². The van der Waals surface area contributed by atoms with Crippen molar-refractivity contribution in [2.24, 2.45) is 13.0 Å². The molecule has 0 bridgehead atoms. The van der Waals surface area contributed by atoms with E-state index in [1.165, 1.54) is 44.6 Å². The summed E-state index contributed by atoms with van der Waals surface area (Å²) in [6.07, 6.45) is -2.99. The third kappa shape index (κ3) is 8.75. The molecular weight excluding hydrogens is 800 g/mol. The molecule has 0 saturated heterocycles. The fourth-order valence-electron chi connectivity index (χ4n) is 7.00. The minimum Gasteiger partial charge on any atom is -0.378 e. The summed E-state index contributed by atoms with van der Waals surface area (Å²) >= 11 is 6.58. The molecule has 1 amide bonds. The highest BCUT2D eigenvalue weighted by molar-refractivity contribution is 7.92. The Morgan fingerprint density at radius 1 is 1.09 bits per heavy atom. The normalized spacial score (nSPS) is 15.7. The monoisotopic (exact) mass is 835 g/mol. The van der Waals surface area contributed by atoms with Crippen LogP contribution in [0.25, 0.3) is 22.0 Å². The molecule has 3 N–H and O–H groups in total. The predicted molar refractivity (Wildman–Crippen MR) is 200 cm³/mol. The van der Waals surface area contributed by atoms with Gasteiger partial charge in [-0.05, 0) is 74.9 Å². The molecule has 1 aliphatic rings. The van der Waals surface area contributed by atoms with Gasteiger partial charge in [0.2, 0.25) is 15.9 Å². The highest BCUT2D eigenvalue weighted by Gasteiger charge is 2.52. The highest BCUT2D eigenvalue weighted by Crippen LogP contribution is 2.50. The van der Waals surface area contributed by atoms with E-state index in [0.717, 1.165) is 18.4 Å². The van der Waals surface area contributed by atoms with Crippen LogP contribution >= 0.6 is 11.6 Å². The highest BCUT2D eigenvalue weighted by atomic mass is 35.5. The number of carbonyl (C=O) groups is 1. The maximum Gasteiger partial charge on any atom is 0.292 e. The van der Waals surface area contributed by atoms with Crippen LogP contribution in [0, 0.1) is 29.4 Å². The lowest BCUT2D eigenvalue weighted by molar-refractivity contribution is -0.123. The summed E-state index contributed by atoms with van der Waals surface area (Å²) < 4.78 is 117. The lowest BCUT2D eigenvalue weighted by Crippen LogP contribution is -2.35. The molecule has 0 spiro atoms. The van der Waals surface area contributed by atoms with Gasteiger partial charge in [0, 0.05) is 35.7 Å². The molecular formula is C38H36ClF6N7O4S. The van der Waals surface area contributed by atoms with Crippen LogP contribution in [0.3, 0.4) is 0 Å². The Bertz CT molecular complexity index is 2560. The Hall–Kier alpha value is -5.12. The number of halogens is 7. The average molecular weight is 836 g/mol. The van der Waals surface area contributed by atoms with E-state index in [0.29, 0.717) is 21.8 Å². The van der Waals surface area contributed by atoms with Crippen LogP contribution in [0.2, 0.25) is 5.02 Å². The van der Waals surface area contributed by atoms with Crippen LogP contribution in [-0.4, -0.2) is 55.8 Å². The zero-order valence-corrected chi connectivity index (χ0v) is 32.6. The van der Waals surface area contributed by atoms with Gasteiger partial charge in [-0.15, -0.1) is 0 Å². The molecule has 0 radical (unpaired) electrons. The first-order valence-corrected chi connectivity index (χ1v) is 19.7. The maximum atomic E-state index is 15.6. The molecule has 3 aromatic heterocycles. The summed E-state index contributed by atoms with van der Waals surface area (Å²) in [6, 6.07) is 7.45. The zero-order chi connectivity index (χ0) is 41.8. The number of fused-ring (bicyclic) bond motifs is 2. The molecule has 5 aromatic rings. The van der Waals surface area contributed by atoms with Gasteiger partial charge in [-0.1, -0.05) is 30.5 Å². The number of alkyl halides is 4. The predicted octanol–water partition coefficient (Wildman–Crippen LogP) is 6.97. The van der Waals surface area contributed by atoms with Gasteiger partial charge in [0.15, 0.2) is 5.82 Å². The number of anilines is 1. The van der Waals surface area contributed by atoms with Gasteiger partial charge >= 0.3 is 0 Å². The number of amides is 1. The number of benzene rings is 2. The third-order valence-corrected chi connectivity index (χ3v) is 10.2. The van der Waals surface area contributed by atoms with Crippen molar-refractivity contribution >= 4 is 44.3 Å². The second-order valence-electron chi connectivity index (χ2n) is 14.3. The number of rotatable bonds is 11. The van der Waals surface area contributed by atoms with Gasteiger partial charge in [-0.25, -0.2) is 31.0 Å². The van der Waals surface area contributed by atoms with Gasteiger partial charge in [-0.3, -0.25) is 18.9 Å². The first kappa shape index (κ1) is 41.5. The number of sulfonamides is 1. The lowest BCUT2D eigenvalue weighted by Gasteiger charge is -2.23. The summed E-state index contributed by atoms with van der Waals surface area (Å²) in [5.41, 5.74) is -2.38. The van der Waals surface area contributed by atoms with Gasteiger partial charge < -0.3 is 10.4 Å². The lowest BCUT2D eigenvalue weighted by atomic mass is 9.93. The van der Waals surface area contributed by atoms with Gasteiger partial charge in [0.25, 0.3) is 12.3 Å². The molecule has 1 aliphatic carbocycles. The first-order chi connectivity index (χ1) is 26.6. The third-order valence-electron chi connectivity index (χ3n) is 9.31. The van der Waals surface area contributed by atoms with Crippen LogP contribution in [0.15, 0.2) is 42.5 Å². The number of hydrogen-bond acceptors (Lipinski definition) is 7. The van der Waals surface area contributed by atoms with Crippen molar-refractivity contribution in [1.82, 2.24) is 29.9 Å². The summed E-state index contributed by atoms with van der Waals surface area (Å²) in [4.78, 5) is 18.7. The Morgan fingerprint density at radius 3 is 2.37 bits per heavy atom. The number of aromatic nitrogens is 5. The van der Waals surface area contributed by atoms with Crippen LogP contribution in [0.4, 0.5) is 32.2 Å². The molecule has 2 unspecified atom stereocenters. The Balaban J connectivity index is 1.54. The molecule has 6 rings (SSSR count). The second-order valence-corrected chi connectivity index (χ2v) is 16.5. The van der Waals surface area contributed by atoms with Gasteiger partial charge in [0.05, 0.1) is 33.9 Å². The number of pyridine rings is 1. The van der Waals surface area contributed by atoms with Crippen LogP contribution in [0.5, 0.6) is 0 Å². The number of aliphatic hydroxyl groups is 1. The molecule has 0 aliphatic heterocycles. The van der Waals surface area contributed by atoms with Crippen molar-refractivity contribution in [3.05, 3.63) is 93.0 Å². The smallest absolute Gasteiger partial charge is 0.292 e. The van der Waals surface area contributed by atoms with E-state index in [1.807, 2.05) is 0 Å². The maximum absolute atomic E-state index is 15.6. The van der Waals surface area contributed by atoms with Crippen molar-refractivity contribution in [2.45, 2.75) is 70.6 Å². The first-order valence-electron chi connectivity index (χ1n) is 17.5. The molecule has 0 fully saturated rings. The van der Waals surface area contributed by atoms with E-state index >= 15 is 8.78 Å². The molecule has 57 heavy (non-hydrogen) atoms. The Kier molecular flexibility index (Phi) is 11.2. The number of nitrogens with one attached hydrogen (secondary N) is 2.